The predicted octanol–water partition coefficient (Wildman–Crippen LogP) is 3.27. The van der Waals surface area contributed by atoms with Crippen molar-refractivity contribution < 1.29 is 4.79 Å². The highest BCUT2D eigenvalue weighted by atomic mass is 32.1. The van der Waals surface area contributed by atoms with Gasteiger partial charge in [0.25, 0.3) is 5.91 Å². The molecule has 0 bridgehead atoms. The highest BCUT2D eigenvalue weighted by Gasteiger charge is 2.17. The van der Waals surface area contributed by atoms with E-state index in [1.165, 1.54) is 17.1 Å². The summed E-state index contributed by atoms with van der Waals surface area (Å²) in [5.74, 6) is -0.0835. The van der Waals surface area contributed by atoms with Crippen molar-refractivity contribution >= 4 is 22.4 Å². The van der Waals surface area contributed by atoms with Gasteiger partial charge in [0.2, 0.25) is 0 Å². The lowest BCUT2D eigenvalue weighted by molar-refractivity contribution is 0.0954. The van der Waals surface area contributed by atoms with E-state index in [0.29, 0.717) is 12.1 Å². The van der Waals surface area contributed by atoms with Gasteiger partial charge in [-0.15, -0.1) is 0 Å². The van der Waals surface area contributed by atoms with Crippen molar-refractivity contribution in [3.8, 4) is 5.69 Å². The van der Waals surface area contributed by atoms with E-state index in [2.05, 4.69) is 50.4 Å². The number of nitrogens with one attached hydrogen (secondary N) is 2. The van der Waals surface area contributed by atoms with Gasteiger partial charge in [-0.2, -0.15) is 9.47 Å². The maximum Gasteiger partial charge on any atom is 0.256 e. The van der Waals surface area contributed by atoms with E-state index in [9.17, 15) is 4.79 Å². The van der Waals surface area contributed by atoms with Crippen LogP contribution in [0.2, 0.25) is 0 Å². The van der Waals surface area contributed by atoms with Crippen molar-refractivity contribution in [2.45, 2.75) is 27.2 Å². The number of amides is 1. The van der Waals surface area contributed by atoms with Crippen LogP contribution in [0.4, 0.5) is 5.00 Å². The minimum Gasteiger partial charge on any atom is -0.378 e. The molecule has 2 aromatic heterocycles. The van der Waals surface area contributed by atoms with Crippen LogP contribution < -0.4 is 10.6 Å². The molecule has 0 unspecified atom stereocenters. The second-order valence-electron chi connectivity index (χ2n) is 6.23. The zero-order valence-electron chi connectivity index (χ0n) is 15.5. The molecule has 26 heavy (non-hydrogen) atoms. The molecule has 0 fully saturated rings. The zero-order valence-corrected chi connectivity index (χ0v) is 16.3. The van der Waals surface area contributed by atoms with Crippen molar-refractivity contribution in [1.29, 1.82) is 0 Å². The van der Waals surface area contributed by atoms with Gasteiger partial charge in [-0.1, -0.05) is 12.1 Å². The monoisotopic (exact) mass is 369 g/mol. The first-order valence-electron chi connectivity index (χ1n) is 8.54. The lowest BCUT2D eigenvalue weighted by Gasteiger charge is -2.08. The van der Waals surface area contributed by atoms with Crippen LogP contribution in [0, 0.1) is 20.8 Å². The molecule has 0 saturated heterocycles. The fourth-order valence-electron chi connectivity index (χ4n) is 2.91. The van der Waals surface area contributed by atoms with Gasteiger partial charge < -0.3 is 10.6 Å². The van der Waals surface area contributed by atoms with E-state index in [4.69, 9.17) is 0 Å². The van der Waals surface area contributed by atoms with Gasteiger partial charge >= 0.3 is 0 Å². The summed E-state index contributed by atoms with van der Waals surface area (Å²) in [7, 11) is 1.80. The van der Waals surface area contributed by atoms with Crippen molar-refractivity contribution in [3.63, 3.8) is 0 Å². The van der Waals surface area contributed by atoms with Crippen molar-refractivity contribution in [2.75, 3.05) is 18.9 Å². The summed E-state index contributed by atoms with van der Waals surface area (Å²) in [6, 6.07) is 10.3. The maximum atomic E-state index is 12.4. The smallest absolute Gasteiger partial charge is 0.256 e. The maximum absolute atomic E-state index is 12.4. The largest absolute Gasteiger partial charge is 0.378 e. The third-order valence-corrected chi connectivity index (χ3v) is 5.16. The number of benzene rings is 1. The van der Waals surface area contributed by atoms with Gasteiger partial charge in [0.05, 0.1) is 22.6 Å². The SMILES string of the molecule is CNc1snc(C)c1C(=O)NCCc1ccc(-n2nc(C)cc2C)cc1. The van der Waals surface area contributed by atoms with Gasteiger partial charge in [-0.25, -0.2) is 4.68 Å². The molecule has 2 heterocycles. The number of hydrogen-bond donors (Lipinski definition) is 2. The molecule has 3 aromatic rings. The van der Waals surface area contributed by atoms with Gasteiger partial charge in [-0.3, -0.25) is 4.79 Å². The summed E-state index contributed by atoms with van der Waals surface area (Å²) >= 11 is 1.31. The normalized spacial score (nSPS) is 10.8. The molecule has 0 spiro atoms. The average Bonchev–Trinajstić information content (AvgIpc) is 3.16. The number of aryl methyl sites for hydroxylation is 3. The Bertz CT molecular complexity index is 911. The van der Waals surface area contributed by atoms with Gasteiger partial charge in [0.1, 0.15) is 5.00 Å². The topological polar surface area (TPSA) is 71.8 Å². The van der Waals surface area contributed by atoms with E-state index >= 15 is 0 Å². The molecule has 0 radical (unpaired) electrons. The number of carbonyl (C=O) groups is 1. The second-order valence-corrected chi connectivity index (χ2v) is 7.01. The Morgan fingerprint density at radius 2 is 1.92 bits per heavy atom. The Labute approximate surface area is 157 Å². The molecular formula is C19H23N5OS. The Balaban J connectivity index is 1.59. The fraction of sp³-hybridized carbons (Fsp3) is 0.316. The van der Waals surface area contributed by atoms with E-state index in [1.54, 1.807) is 7.05 Å². The molecular weight excluding hydrogens is 346 g/mol. The average molecular weight is 369 g/mol. The minimum atomic E-state index is -0.0835. The van der Waals surface area contributed by atoms with Crippen molar-refractivity contribution in [2.24, 2.45) is 0 Å². The number of anilines is 1. The molecule has 6 nitrogen and oxygen atoms in total. The predicted molar refractivity (Wildman–Crippen MR) is 105 cm³/mol. The standard InChI is InChI=1S/C19H23N5OS/c1-12-11-13(2)24(22-12)16-7-5-15(6-8-16)9-10-21-18(25)17-14(3)23-26-19(17)20-4/h5-8,11,20H,9-10H2,1-4H3,(H,21,25). The summed E-state index contributed by atoms with van der Waals surface area (Å²) in [5.41, 5.74) is 5.73. The Hall–Kier alpha value is -2.67. The Morgan fingerprint density at radius 3 is 2.54 bits per heavy atom. The van der Waals surface area contributed by atoms with Crippen LogP contribution in [-0.2, 0) is 6.42 Å². The first-order valence-corrected chi connectivity index (χ1v) is 9.31. The summed E-state index contributed by atoms with van der Waals surface area (Å²) in [6.45, 7) is 6.47. The van der Waals surface area contributed by atoms with E-state index in [0.717, 1.165) is 34.2 Å². The lowest BCUT2D eigenvalue weighted by atomic mass is 10.1. The second kappa shape index (κ2) is 7.70. The van der Waals surface area contributed by atoms with Gasteiger partial charge in [0, 0.05) is 19.3 Å². The molecule has 2 N–H and O–H groups in total. The van der Waals surface area contributed by atoms with E-state index in [-0.39, 0.29) is 5.91 Å². The quantitative estimate of drug-likeness (QED) is 0.699. The van der Waals surface area contributed by atoms with Gasteiger partial charge in [0.15, 0.2) is 0 Å². The van der Waals surface area contributed by atoms with Crippen LogP contribution in [0.5, 0.6) is 0 Å². The summed E-state index contributed by atoms with van der Waals surface area (Å²) < 4.78 is 6.17. The summed E-state index contributed by atoms with van der Waals surface area (Å²) in [5, 5.41) is 11.3. The first kappa shape index (κ1) is 18.1. The zero-order chi connectivity index (χ0) is 18.7. The molecule has 136 valence electrons. The minimum absolute atomic E-state index is 0.0835. The number of nitrogens with zero attached hydrogens (tertiary/aromatic N) is 3. The highest BCUT2D eigenvalue weighted by molar-refractivity contribution is 7.10. The highest BCUT2D eigenvalue weighted by Crippen LogP contribution is 2.23. The van der Waals surface area contributed by atoms with Crippen molar-refractivity contribution in [3.05, 3.63) is 58.5 Å². The van der Waals surface area contributed by atoms with Crippen molar-refractivity contribution in [1.82, 2.24) is 19.5 Å². The number of carbonyl (C=O) groups excluding carboxylic acids is 1. The molecule has 1 amide bonds. The fourth-order valence-corrected chi connectivity index (χ4v) is 3.65. The van der Waals surface area contributed by atoms with E-state index < -0.39 is 0 Å². The Morgan fingerprint density at radius 1 is 1.19 bits per heavy atom. The van der Waals surface area contributed by atoms with Crippen LogP contribution in [-0.4, -0.2) is 33.7 Å². The number of rotatable bonds is 6. The van der Waals surface area contributed by atoms with Crippen LogP contribution >= 0.6 is 11.5 Å². The van der Waals surface area contributed by atoms with E-state index in [1.807, 2.05) is 25.5 Å². The molecule has 0 aliphatic rings. The van der Waals surface area contributed by atoms with Crippen LogP contribution in [0.15, 0.2) is 30.3 Å². The van der Waals surface area contributed by atoms with Crippen LogP contribution in [0.1, 0.15) is 33.0 Å². The number of aromatic nitrogens is 3. The van der Waals surface area contributed by atoms with Crippen LogP contribution in [0.25, 0.3) is 5.69 Å². The lowest BCUT2D eigenvalue weighted by Crippen LogP contribution is -2.26. The third kappa shape index (κ3) is 3.77. The van der Waals surface area contributed by atoms with Gasteiger partial charge in [-0.05, 0) is 62.5 Å². The molecule has 1 aromatic carbocycles. The summed E-state index contributed by atoms with van der Waals surface area (Å²) in [4.78, 5) is 12.4. The molecule has 0 atom stereocenters. The third-order valence-electron chi connectivity index (χ3n) is 4.21. The molecule has 3 rings (SSSR count). The molecule has 0 aliphatic heterocycles. The first-order chi connectivity index (χ1) is 12.5. The van der Waals surface area contributed by atoms with Crippen LogP contribution in [0.3, 0.4) is 0 Å². The summed E-state index contributed by atoms with van der Waals surface area (Å²) in [6.07, 6.45) is 0.772. The molecule has 7 heteroatoms. The Kier molecular flexibility index (Phi) is 5.37. The molecule has 0 aliphatic carbocycles. The number of hydrogen-bond acceptors (Lipinski definition) is 5. The molecule has 0 saturated carbocycles.